The van der Waals surface area contributed by atoms with Gasteiger partial charge < -0.3 is 9.84 Å². The van der Waals surface area contributed by atoms with Crippen molar-refractivity contribution in [1.82, 2.24) is 0 Å². The maximum Gasteiger partial charge on any atom is 0.310 e. The van der Waals surface area contributed by atoms with Gasteiger partial charge in [-0.05, 0) is 54.7 Å². The van der Waals surface area contributed by atoms with Crippen molar-refractivity contribution >= 4 is 12.0 Å². The van der Waals surface area contributed by atoms with E-state index < -0.39 is 11.9 Å². The standard InChI is InChI=1S/C21H24O3/c1-4-18(21(22)23)12-11-17-9-6-10-19(13-17)24-14-20-15(2)7-5-8-16(20)3/h5-13,18H,4,14H2,1-3H3,(H,22,23). The molecule has 0 fully saturated rings. The molecule has 0 aliphatic heterocycles. The van der Waals surface area contributed by atoms with Gasteiger partial charge in [0.15, 0.2) is 0 Å². The van der Waals surface area contributed by atoms with Crippen molar-refractivity contribution in [2.75, 3.05) is 0 Å². The largest absolute Gasteiger partial charge is 0.489 e. The molecule has 0 radical (unpaired) electrons. The van der Waals surface area contributed by atoms with Crippen LogP contribution in [0.15, 0.2) is 48.5 Å². The molecule has 1 unspecified atom stereocenters. The number of rotatable bonds is 7. The predicted octanol–water partition coefficient (Wildman–Crippen LogP) is 5.01. The molecule has 3 heteroatoms. The highest BCUT2D eigenvalue weighted by Gasteiger charge is 2.10. The molecule has 3 nitrogen and oxygen atoms in total. The van der Waals surface area contributed by atoms with Gasteiger partial charge in [0.05, 0.1) is 5.92 Å². The molecule has 2 aromatic rings. The van der Waals surface area contributed by atoms with Gasteiger partial charge in [0.1, 0.15) is 12.4 Å². The van der Waals surface area contributed by atoms with Crippen molar-refractivity contribution in [3.63, 3.8) is 0 Å². The summed E-state index contributed by atoms with van der Waals surface area (Å²) in [5.41, 5.74) is 4.58. The molecule has 24 heavy (non-hydrogen) atoms. The number of hydrogen-bond donors (Lipinski definition) is 1. The SMILES string of the molecule is CCC(C=Cc1cccc(OCc2c(C)cccc2C)c1)C(=O)O. The summed E-state index contributed by atoms with van der Waals surface area (Å²) < 4.78 is 5.92. The lowest BCUT2D eigenvalue weighted by Crippen LogP contribution is -2.08. The number of aliphatic carboxylic acids is 1. The van der Waals surface area contributed by atoms with Gasteiger partial charge in [-0.15, -0.1) is 0 Å². The second-order valence-electron chi connectivity index (χ2n) is 5.94. The van der Waals surface area contributed by atoms with Gasteiger partial charge in [0.25, 0.3) is 0 Å². The van der Waals surface area contributed by atoms with E-state index in [4.69, 9.17) is 9.84 Å². The number of aryl methyl sites for hydroxylation is 2. The van der Waals surface area contributed by atoms with Crippen LogP contribution in [0.3, 0.4) is 0 Å². The zero-order valence-electron chi connectivity index (χ0n) is 14.5. The molecule has 0 aromatic heterocycles. The Morgan fingerprint density at radius 2 is 1.83 bits per heavy atom. The number of carboxylic acid groups (broad SMARTS) is 1. The first-order chi connectivity index (χ1) is 11.5. The third-order valence-electron chi connectivity index (χ3n) is 4.16. The van der Waals surface area contributed by atoms with Crippen LogP contribution in [0.2, 0.25) is 0 Å². The Morgan fingerprint density at radius 1 is 1.17 bits per heavy atom. The van der Waals surface area contributed by atoms with E-state index in [0.29, 0.717) is 13.0 Å². The van der Waals surface area contributed by atoms with Gasteiger partial charge in [-0.1, -0.05) is 49.4 Å². The van der Waals surface area contributed by atoms with Crippen LogP contribution >= 0.6 is 0 Å². The summed E-state index contributed by atoms with van der Waals surface area (Å²) in [6, 6.07) is 13.9. The number of ether oxygens (including phenoxy) is 1. The van der Waals surface area contributed by atoms with Crippen LogP contribution in [0.1, 0.15) is 35.6 Å². The summed E-state index contributed by atoms with van der Waals surface area (Å²) in [6.45, 7) is 6.56. The lowest BCUT2D eigenvalue weighted by molar-refractivity contribution is -0.140. The van der Waals surface area contributed by atoms with Gasteiger partial charge in [0.2, 0.25) is 0 Å². The highest BCUT2D eigenvalue weighted by Crippen LogP contribution is 2.20. The van der Waals surface area contributed by atoms with Crippen LogP contribution < -0.4 is 4.74 Å². The molecule has 1 N–H and O–H groups in total. The first kappa shape index (κ1) is 17.8. The number of carbonyl (C=O) groups is 1. The van der Waals surface area contributed by atoms with Crippen molar-refractivity contribution < 1.29 is 14.6 Å². The van der Waals surface area contributed by atoms with Crippen LogP contribution in [0.4, 0.5) is 0 Å². The van der Waals surface area contributed by atoms with E-state index in [1.165, 1.54) is 16.7 Å². The molecule has 0 aliphatic rings. The van der Waals surface area contributed by atoms with E-state index in [2.05, 4.69) is 26.0 Å². The van der Waals surface area contributed by atoms with E-state index in [1.807, 2.05) is 43.3 Å². The summed E-state index contributed by atoms with van der Waals surface area (Å²) in [6.07, 6.45) is 4.15. The molecule has 2 rings (SSSR count). The second kappa shape index (κ2) is 8.34. The smallest absolute Gasteiger partial charge is 0.310 e. The molecule has 0 saturated heterocycles. The first-order valence-corrected chi connectivity index (χ1v) is 8.20. The van der Waals surface area contributed by atoms with Gasteiger partial charge in [-0.3, -0.25) is 4.79 Å². The van der Waals surface area contributed by atoms with Gasteiger partial charge in [-0.2, -0.15) is 0 Å². The summed E-state index contributed by atoms with van der Waals surface area (Å²) in [7, 11) is 0. The molecule has 126 valence electrons. The van der Waals surface area contributed by atoms with E-state index in [0.717, 1.165) is 11.3 Å². The van der Waals surface area contributed by atoms with E-state index >= 15 is 0 Å². The fraction of sp³-hybridized carbons (Fsp3) is 0.286. The lowest BCUT2D eigenvalue weighted by Gasteiger charge is -2.12. The van der Waals surface area contributed by atoms with Crippen molar-refractivity contribution in [3.05, 3.63) is 70.8 Å². The summed E-state index contributed by atoms with van der Waals surface area (Å²) in [5, 5.41) is 9.09. The molecular formula is C21H24O3. The Bertz CT molecular complexity index is 711. The van der Waals surface area contributed by atoms with Crippen molar-refractivity contribution in [2.45, 2.75) is 33.8 Å². The van der Waals surface area contributed by atoms with E-state index in [1.54, 1.807) is 6.08 Å². The Hall–Kier alpha value is -2.55. The normalized spacial score (nSPS) is 12.3. The topological polar surface area (TPSA) is 46.5 Å². The molecule has 0 saturated carbocycles. The lowest BCUT2D eigenvalue weighted by atomic mass is 10.0. The number of carboxylic acids is 1. The molecule has 1 atom stereocenters. The van der Waals surface area contributed by atoms with Crippen molar-refractivity contribution in [3.8, 4) is 5.75 Å². The number of hydrogen-bond acceptors (Lipinski definition) is 2. The molecule has 0 spiro atoms. The first-order valence-electron chi connectivity index (χ1n) is 8.20. The van der Waals surface area contributed by atoms with Crippen LogP contribution in [0.5, 0.6) is 5.75 Å². The average Bonchev–Trinajstić information content (AvgIpc) is 2.55. The average molecular weight is 324 g/mol. The Labute approximate surface area is 143 Å². The van der Waals surface area contributed by atoms with Gasteiger partial charge >= 0.3 is 5.97 Å². The summed E-state index contributed by atoms with van der Waals surface area (Å²) in [4.78, 5) is 11.1. The Kier molecular flexibility index (Phi) is 6.19. The summed E-state index contributed by atoms with van der Waals surface area (Å²) in [5.74, 6) is -0.469. The van der Waals surface area contributed by atoms with Crippen LogP contribution in [0.25, 0.3) is 6.08 Å². The van der Waals surface area contributed by atoms with Crippen LogP contribution in [-0.4, -0.2) is 11.1 Å². The minimum absolute atomic E-state index is 0.454. The van der Waals surface area contributed by atoms with E-state index in [-0.39, 0.29) is 0 Å². The highest BCUT2D eigenvalue weighted by atomic mass is 16.5. The van der Waals surface area contributed by atoms with E-state index in [9.17, 15) is 4.79 Å². The maximum absolute atomic E-state index is 11.1. The molecule has 0 heterocycles. The van der Waals surface area contributed by atoms with Crippen LogP contribution in [-0.2, 0) is 11.4 Å². The minimum Gasteiger partial charge on any atom is -0.489 e. The third-order valence-corrected chi connectivity index (χ3v) is 4.16. The highest BCUT2D eigenvalue weighted by molar-refractivity contribution is 5.73. The molecular weight excluding hydrogens is 300 g/mol. The zero-order chi connectivity index (χ0) is 17.5. The van der Waals surface area contributed by atoms with Crippen molar-refractivity contribution in [2.24, 2.45) is 5.92 Å². The van der Waals surface area contributed by atoms with Crippen molar-refractivity contribution in [1.29, 1.82) is 0 Å². The quantitative estimate of drug-likeness (QED) is 0.779. The monoisotopic (exact) mass is 324 g/mol. The molecule has 0 aliphatic carbocycles. The number of benzene rings is 2. The fourth-order valence-corrected chi connectivity index (χ4v) is 2.56. The van der Waals surface area contributed by atoms with Crippen LogP contribution in [0, 0.1) is 19.8 Å². The van der Waals surface area contributed by atoms with Gasteiger partial charge in [-0.25, -0.2) is 0 Å². The Balaban J connectivity index is 2.08. The molecule has 2 aromatic carbocycles. The minimum atomic E-state index is -0.795. The molecule has 0 amide bonds. The molecule has 0 bridgehead atoms. The predicted molar refractivity (Wildman–Crippen MR) is 97.1 cm³/mol. The maximum atomic E-state index is 11.1. The summed E-state index contributed by atoms with van der Waals surface area (Å²) >= 11 is 0. The second-order valence-corrected chi connectivity index (χ2v) is 5.94. The zero-order valence-corrected chi connectivity index (χ0v) is 14.5. The Morgan fingerprint density at radius 3 is 2.46 bits per heavy atom. The third kappa shape index (κ3) is 4.72. The fourth-order valence-electron chi connectivity index (χ4n) is 2.56. The van der Waals surface area contributed by atoms with Gasteiger partial charge in [0, 0.05) is 0 Å².